The number of ketones is 1. The predicted octanol–water partition coefficient (Wildman–Crippen LogP) is 3.73. The van der Waals surface area contributed by atoms with Gasteiger partial charge in [-0.1, -0.05) is 12.1 Å². The van der Waals surface area contributed by atoms with Gasteiger partial charge in [0.05, 0.1) is 23.9 Å². The number of hydrogen-bond donors (Lipinski definition) is 2. The lowest BCUT2D eigenvalue weighted by atomic mass is 10.0. The number of carbonyl (C=O) groups is 1. The van der Waals surface area contributed by atoms with E-state index in [1.54, 1.807) is 7.11 Å². The van der Waals surface area contributed by atoms with Gasteiger partial charge in [0.1, 0.15) is 11.4 Å². The lowest BCUT2D eigenvalue weighted by molar-refractivity contribution is 0.104. The Morgan fingerprint density at radius 2 is 1.92 bits per heavy atom. The maximum absolute atomic E-state index is 13.0. The fourth-order valence-corrected chi connectivity index (χ4v) is 3.18. The average molecular weight is 319 g/mol. The molecule has 0 atom stereocenters. The summed E-state index contributed by atoms with van der Waals surface area (Å²) in [4.78, 5) is 13.0. The summed E-state index contributed by atoms with van der Waals surface area (Å²) in [5.41, 5.74) is 5.47. The molecule has 0 fully saturated rings. The SMILES string of the molecule is CCNc1cccc2c1C(=O)c1c-2n[nH]c1-c1ccc(OC)cc1. The lowest BCUT2D eigenvalue weighted by Gasteiger charge is -2.08. The number of benzene rings is 2. The number of hydrogen-bond acceptors (Lipinski definition) is 4. The fourth-order valence-electron chi connectivity index (χ4n) is 3.18. The van der Waals surface area contributed by atoms with Crippen LogP contribution in [-0.2, 0) is 0 Å². The Morgan fingerprint density at radius 3 is 2.62 bits per heavy atom. The third-order valence-electron chi connectivity index (χ3n) is 4.29. The van der Waals surface area contributed by atoms with E-state index < -0.39 is 0 Å². The second-order valence-electron chi connectivity index (χ2n) is 5.64. The Hall–Kier alpha value is -3.08. The van der Waals surface area contributed by atoms with E-state index in [1.165, 1.54) is 0 Å². The van der Waals surface area contributed by atoms with Crippen molar-refractivity contribution < 1.29 is 9.53 Å². The van der Waals surface area contributed by atoms with E-state index in [0.29, 0.717) is 11.1 Å². The van der Waals surface area contributed by atoms with Crippen LogP contribution in [0.5, 0.6) is 5.75 Å². The minimum Gasteiger partial charge on any atom is -0.497 e. The zero-order valence-electron chi connectivity index (χ0n) is 13.5. The normalized spacial score (nSPS) is 12.0. The van der Waals surface area contributed by atoms with Gasteiger partial charge in [-0.05, 0) is 37.3 Å². The number of nitrogens with zero attached hydrogens (tertiary/aromatic N) is 1. The zero-order chi connectivity index (χ0) is 16.7. The average Bonchev–Trinajstić information content (AvgIpc) is 3.16. The summed E-state index contributed by atoms with van der Waals surface area (Å²) in [6.07, 6.45) is 0. The van der Waals surface area contributed by atoms with Crippen molar-refractivity contribution in [3.8, 4) is 28.3 Å². The zero-order valence-corrected chi connectivity index (χ0v) is 13.5. The van der Waals surface area contributed by atoms with E-state index in [0.717, 1.165) is 40.5 Å². The molecule has 0 aliphatic heterocycles. The Bertz CT molecular complexity index is 926. The molecule has 0 saturated carbocycles. The van der Waals surface area contributed by atoms with Crippen molar-refractivity contribution in [2.24, 2.45) is 0 Å². The van der Waals surface area contributed by atoms with Crippen LogP contribution in [0.2, 0.25) is 0 Å². The van der Waals surface area contributed by atoms with Crippen LogP contribution in [0.3, 0.4) is 0 Å². The first-order valence-corrected chi connectivity index (χ1v) is 7.89. The number of nitrogens with one attached hydrogen (secondary N) is 2. The van der Waals surface area contributed by atoms with Crippen molar-refractivity contribution in [2.45, 2.75) is 6.92 Å². The largest absolute Gasteiger partial charge is 0.497 e. The Labute approximate surface area is 139 Å². The van der Waals surface area contributed by atoms with Crippen molar-refractivity contribution in [1.82, 2.24) is 10.2 Å². The molecule has 1 aliphatic rings. The quantitative estimate of drug-likeness (QED) is 0.601. The van der Waals surface area contributed by atoms with Gasteiger partial charge in [-0.25, -0.2) is 0 Å². The molecule has 4 rings (SSSR count). The van der Waals surface area contributed by atoms with Crippen LogP contribution in [0, 0.1) is 0 Å². The minimum absolute atomic E-state index is 0.0103. The summed E-state index contributed by atoms with van der Waals surface area (Å²) in [6.45, 7) is 2.78. The van der Waals surface area contributed by atoms with Gasteiger partial charge in [0.25, 0.3) is 0 Å². The number of rotatable bonds is 4. The molecule has 1 aliphatic carbocycles. The van der Waals surface area contributed by atoms with Gasteiger partial charge in [-0.15, -0.1) is 0 Å². The van der Waals surface area contributed by atoms with Crippen molar-refractivity contribution in [1.29, 1.82) is 0 Å². The van der Waals surface area contributed by atoms with Crippen LogP contribution in [0.15, 0.2) is 42.5 Å². The number of carbonyl (C=O) groups excluding carboxylic acids is 1. The van der Waals surface area contributed by atoms with Gasteiger partial charge in [0, 0.05) is 23.4 Å². The van der Waals surface area contributed by atoms with Gasteiger partial charge in [0.2, 0.25) is 0 Å². The van der Waals surface area contributed by atoms with E-state index in [2.05, 4.69) is 15.5 Å². The molecule has 1 aromatic heterocycles. The van der Waals surface area contributed by atoms with Crippen LogP contribution in [-0.4, -0.2) is 29.6 Å². The Kier molecular flexibility index (Phi) is 3.34. The summed E-state index contributed by atoms with van der Waals surface area (Å²) in [7, 11) is 1.63. The minimum atomic E-state index is 0.0103. The number of fused-ring (bicyclic) bond motifs is 3. The lowest BCUT2D eigenvalue weighted by Crippen LogP contribution is -2.05. The second-order valence-corrected chi connectivity index (χ2v) is 5.64. The van der Waals surface area contributed by atoms with Crippen LogP contribution < -0.4 is 10.1 Å². The highest BCUT2D eigenvalue weighted by Crippen LogP contribution is 2.42. The molecule has 2 N–H and O–H groups in total. The molecule has 0 radical (unpaired) electrons. The monoisotopic (exact) mass is 319 g/mol. The maximum atomic E-state index is 13.0. The highest BCUT2D eigenvalue weighted by Gasteiger charge is 2.34. The van der Waals surface area contributed by atoms with Crippen molar-refractivity contribution in [2.75, 3.05) is 19.0 Å². The van der Waals surface area contributed by atoms with Crippen LogP contribution in [0.25, 0.3) is 22.5 Å². The first-order valence-electron chi connectivity index (χ1n) is 7.89. The molecule has 24 heavy (non-hydrogen) atoms. The predicted molar refractivity (Wildman–Crippen MR) is 93.6 cm³/mol. The number of aromatic nitrogens is 2. The van der Waals surface area contributed by atoms with E-state index in [4.69, 9.17) is 4.74 Å². The van der Waals surface area contributed by atoms with E-state index in [-0.39, 0.29) is 5.78 Å². The van der Waals surface area contributed by atoms with Crippen molar-refractivity contribution >= 4 is 11.5 Å². The molecule has 0 spiro atoms. The van der Waals surface area contributed by atoms with Crippen LogP contribution in [0.1, 0.15) is 22.8 Å². The van der Waals surface area contributed by atoms with Crippen LogP contribution >= 0.6 is 0 Å². The molecule has 0 amide bonds. The molecule has 120 valence electrons. The molecule has 2 aromatic carbocycles. The fraction of sp³-hybridized carbons (Fsp3) is 0.158. The number of methoxy groups -OCH3 is 1. The second kappa shape index (κ2) is 5.53. The first-order chi connectivity index (χ1) is 11.7. The molecular weight excluding hydrogens is 302 g/mol. The van der Waals surface area contributed by atoms with Gasteiger partial charge in [-0.3, -0.25) is 9.89 Å². The summed E-state index contributed by atoms with van der Waals surface area (Å²) in [5, 5.41) is 10.7. The molecule has 1 heterocycles. The highest BCUT2D eigenvalue weighted by molar-refractivity contribution is 6.26. The summed E-state index contributed by atoms with van der Waals surface area (Å²) in [5.74, 6) is 0.787. The van der Waals surface area contributed by atoms with Crippen LogP contribution in [0.4, 0.5) is 5.69 Å². The van der Waals surface area contributed by atoms with Gasteiger partial charge in [-0.2, -0.15) is 5.10 Å². The third kappa shape index (κ3) is 2.01. The van der Waals surface area contributed by atoms with Gasteiger partial charge < -0.3 is 10.1 Å². The molecule has 3 aromatic rings. The summed E-state index contributed by atoms with van der Waals surface area (Å²) in [6, 6.07) is 13.4. The smallest absolute Gasteiger partial charge is 0.200 e. The topological polar surface area (TPSA) is 67.0 Å². The van der Waals surface area contributed by atoms with Crippen molar-refractivity contribution in [3.05, 3.63) is 53.6 Å². The number of anilines is 1. The maximum Gasteiger partial charge on any atom is 0.200 e. The number of ether oxygens (including phenoxy) is 1. The van der Waals surface area contributed by atoms with Gasteiger partial charge in [0.15, 0.2) is 5.78 Å². The van der Waals surface area contributed by atoms with E-state index in [9.17, 15) is 4.79 Å². The standard InChI is InChI=1S/C19H17N3O2/c1-3-20-14-6-4-5-13-15(14)19(23)16-17(21-22-18(13)16)11-7-9-12(24-2)10-8-11/h4-10,20H,3H2,1-2H3,(H,21,22). The number of H-pyrrole nitrogens is 1. The highest BCUT2D eigenvalue weighted by atomic mass is 16.5. The van der Waals surface area contributed by atoms with E-state index >= 15 is 0 Å². The Balaban J connectivity index is 1.84. The van der Waals surface area contributed by atoms with E-state index in [1.807, 2.05) is 49.4 Å². The molecule has 0 bridgehead atoms. The van der Waals surface area contributed by atoms with Crippen molar-refractivity contribution in [3.63, 3.8) is 0 Å². The van der Waals surface area contributed by atoms with Gasteiger partial charge >= 0.3 is 0 Å². The molecule has 5 heteroatoms. The Morgan fingerprint density at radius 1 is 1.12 bits per heavy atom. The molecule has 5 nitrogen and oxygen atoms in total. The third-order valence-corrected chi connectivity index (χ3v) is 4.29. The first kappa shape index (κ1) is 14.5. The summed E-state index contributed by atoms with van der Waals surface area (Å²) >= 11 is 0. The molecular formula is C19H17N3O2. The molecule has 0 unspecified atom stereocenters. The number of aromatic amines is 1. The summed E-state index contributed by atoms with van der Waals surface area (Å²) < 4.78 is 5.19. The molecule has 0 saturated heterocycles.